The summed E-state index contributed by atoms with van der Waals surface area (Å²) in [6.07, 6.45) is 3.06. The van der Waals surface area contributed by atoms with Crippen LogP contribution < -0.4 is 5.32 Å². The highest BCUT2D eigenvalue weighted by Gasteiger charge is 2.30. The maximum atomic E-state index is 12.5. The van der Waals surface area contributed by atoms with Crippen molar-refractivity contribution in [1.29, 1.82) is 0 Å². The van der Waals surface area contributed by atoms with Crippen LogP contribution in [0, 0.1) is 5.92 Å². The van der Waals surface area contributed by atoms with E-state index in [0.29, 0.717) is 12.0 Å². The van der Waals surface area contributed by atoms with E-state index in [1.165, 1.54) is 44.2 Å². The first-order valence-corrected chi connectivity index (χ1v) is 7.44. The summed E-state index contributed by atoms with van der Waals surface area (Å²) < 4.78 is 37.6. The molecule has 1 N–H and O–H groups in total. The molecule has 0 amide bonds. The number of halogens is 3. The van der Waals surface area contributed by atoms with E-state index in [9.17, 15) is 13.2 Å². The fraction of sp³-hybridized carbons (Fsp3) is 0.625. The Balaban J connectivity index is 2.00. The summed E-state index contributed by atoms with van der Waals surface area (Å²) in [4.78, 5) is 0. The van der Waals surface area contributed by atoms with E-state index in [1.807, 2.05) is 0 Å². The first kappa shape index (κ1) is 15.2. The molecule has 1 aromatic carbocycles. The lowest BCUT2D eigenvalue weighted by molar-refractivity contribution is -0.137. The second kappa shape index (κ2) is 6.51. The van der Waals surface area contributed by atoms with Crippen LogP contribution in [0.15, 0.2) is 24.3 Å². The Morgan fingerprint density at radius 2 is 1.70 bits per heavy atom. The molecular formula is C16H22F3N. The van der Waals surface area contributed by atoms with Crippen molar-refractivity contribution in [2.75, 3.05) is 5.32 Å². The zero-order valence-electron chi connectivity index (χ0n) is 11.8. The molecule has 1 aliphatic rings. The largest absolute Gasteiger partial charge is 0.416 e. The predicted molar refractivity (Wildman–Crippen MR) is 75.7 cm³/mol. The summed E-state index contributed by atoms with van der Waals surface area (Å²) >= 11 is 0. The fourth-order valence-electron chi connectivity index (χ4n) is 3.06. The quantitative estimate of drug-likeness (QED) is 0.772. The molecule has 112 valence electrons. The van der Waals surface area contributed by atoms with Crippen LogP contribution in [0.2, 0.25) is 0 Å². The minimum absolute atomic E-state index is 0.368. The molecule has 0 radical (unpaired) electrons. The van der Waals surface area contributed by atoms with Gasteiger partial charge in [-0.15, -0.1) is 0 Å². The lowest BCUT2D eigenvalue weighted by Gasteiger charge is -2.31. The van der Waals surface area contributed by atoms with Gasteiger partial charge in [-0.3, -0.25) is 0 Å². The van der Waals surface area contributed by atoms with Gasteiger partial charge in [-0.2, -0.15) is 13.2 Å². The van der Waals surface area contributed by atoms with Crippen molar-refractivity contribution in [3.05, 3.63) is 29.8 Å². The van der Waals surface area contributed by atoms with Crippen LogP contribution in [-0.4, -0.2) is 6.04 Å². The zero-order valence-corrected chi connectivity index (χ0v) is 11.8. The number of nitrogens with one attached hydrogen (secondary N) is 1. The van der Waals surface area contributed by atoms with Gasteiger partial charge in [-0.05, 0) is 49.4 Å². The van der Waals surface area contributed by atoms with Crippen LogP contribution in [0.25, 0.3) is 0 Å². The Bertz CT molecular complexity index is 405. The second-order valence-electron chi connectivity index (χ2n) is 5.63. The highest BCUT2D eigenvalue weighted by atomic mass is 19.4. The van der Waals surface area contributed by atoms with Gasteiger partial charge in [0.25, 0.3) is 0 Å². The number of hydrogen-bond donors (Lipinski definition) is 1. The molecule has 1 atom stereocenters. The van der Waals surface area contributed by atoms with Crippen molar-refractivity contribution in [3.63, 3.8) is 0 Å². The summed E-state index contributed by atoms with van der Waals surface area (Å²) in [5, 5.41) is 3.41. The molecule has 0 saturated heterocycles. The molecule has 1 unspecified atom stereocenters. The smallest absolute Gasteiger partial charge is 0.382 e. The first-order valence-electron chi connectivity index (χ1n) is 7.44. The topological polar surface area (TPSA) is 12.0 Å². The van der Waals surface area contributed by atoms with E-state index in [4.69, 9.17) is 0 Å². The van der Waals surface area contributed by atoms with Gasteiger partial charge in [0, 0.05) is 11.7 Å². The molecular weight excluding hydrogens is 263 g/mol. The first-order chi connectivity index (χ1) is 9.50. The van der Waals surface area contributed by atoms with E-state index in [0.717, 1.165) is 24.2 Å². The normalized spacial score (nSPS) is 18.8. The number of benzene rings is 1. The van der Waals surface area contributed by atoms with Crippen LogP contribution in [-0.2, 0) is 6.18 Å². The van der Waals surface area contributed by atoms with Crippen molar-refractivity contribution < 1.29 is 13.2 Å². The highest BCUT2D eigenvalue weighted by molar-refractivity contribution is 5.46. The molecule has 1 aromatic rings. The van der Waals surface area contributed by atoms with Crippen LogP contribution in [0.4, 0.5) is 18.9 Å². The molecule has 0 heterocycles. The van der Waals surface area contributed by atoms with Crippen molar-refractivity contribution in [3.8, 4) is 0 Å². The summed E-state index contributed by atoms with van der Waals surface area (Å²) in [6, 6.07) is 5.74. The molecule has 20 heavy (non-hydrogen) atoms. The maximum Gasteiger partial charge on any atom is 0.416 e. The zero-order chi connectivity index (χ0) is 14.6. The number of alkyl halides is 3. The summed E-state index contributed by atoms with van der Waals surface area (Å²) in [7, 11) is 0. The van der Waals surface area contributed by atoms with Gasteiger partial charge in [0.1, 0.15) is 0 Å². The van der Waals surface area contributed by atoms with Crippen LogP contribution >= 0.6 is 0 Å². The molecule has 4 heteroatoms. The standard InChI is InChI=1S/C16H22F3N/c1-2-15(12-6-4-3-5-7-12)20-14-10-8-13(9-11-14)16(17,18)19/h8-12,15,20H,2-7H2,1H3. The van der Waals surface area contributed by atoms with Gasteiger partial charge in [-0.1, -0.05) is 26.2 Å². The van der Waals surface area contributed by atoms with Crippen molar-refractivity contribution >= 4 is 5.69 Å². The van der Waals surface area contributed by atoms with E-state index < -0.39 is 11.7 Å². The van der Waals surface area contributed by atoms with Crippen molar-refractivity contribution in [1.82, 2.24) is 0 Å². The van der Waals surface area contributed by atoms with Gasteiger partial charge < -0.3 is 5.32 Å². The van der Waals surface area contributed by atoms with E-state index in [-0.39, 0.29) is 0 Å². The molecule has 1 aliphatic carbocycles. The summed E-state index contributed by atoms with van der Waals surface area (Å²) in [5.74, 6) is 0.649. The average molecular weight is 285 g/mol. The minimum Gasteiger partial charge on any atom is -0.382 e. The predicted octanol–water partition coefficient (Wildman–Crippen LogP) is 5.48. The second-order valence-corrected chi connectivity index (χ2v) is 5.63. The average Bonchev–Trinajstić information content (AvgIpc) is 2.45. The lowest BCUT2D eigenvalue weighted by Crippen LogP contribution is -2.30. The molecule has 0 bridgehead atoms. The summed E-state index contributed by atoms with van der Waals surface area (Å²) in [5.41, 5.74) is 0.198. The third-order valence-corrected chi connectivity index (χ3v) is 4.22. The Kier molecular flexibility index (Phi) is 4.95. The Morgan fingerprint density at radius 3 is 2.20 bits per heavy atom. The van der Waals surface area contributed by atoms with Crippen LogP contribution in [0.3, 0.4) is 0 Å². The van der Waals surface area contributed by atoms with Crippen molar-refractivity contribution in [2.24, 2.45) is 5.92 Å². The Hall–Kier alpha value is -1.19. The molecule has 0 aromatic heterocycles. The molecule has 1 saturated carbocycles. The minimum atomic E-state index is -4.26. The van der Waals surface area contributed by atoms with Gasteiger partial charge in [0.2, 0.25) is 0 Å². The third kappa shape index (κ3) is 3.90. The molecule has 0 aliphatic heterocycles. The number of hydrogen-bond acceptors (Lipinski definition) is 1. The maximum absolute atomic E-state index is 12.5. The fourth-order valence-corrected chi connectivity index (χ4v) is 3.06. The summed E-state index contributed by atoms with van der Waals surface area (Å²) in [6.45, 7) is 2.14. The van der Waals surface area contributed by atoms with E-state index in [1.54, 1.807) is 0 Å². The Labute approximate surface area is 118 Å². The molecule has 1 nitrogen and oxygen atoms in total. The molecule has 2 rings (SSSR count). The molecule has 0 spiro atoms. The monoisotopic (exact) mass is 285 g/mol. The van der Waals surface area contributed by atoms with E-state index in [2.05, 4.69) is 12.2 Å². The van der Waals surface area contributed by atoms with Gasteiger partial charge in [0.05, 0.1) is 5.56 Å². The van der Waals surface area contributed by atoms with Crippen LogP contribution in [0.5, 0.6) is 0 Å². The van der Waals surface area contributed by atoms with Gasteiger partial charge >= 0.3 is 6.18 Å². The Morgan fingerprint density at radius 1 is 1.10 bits per heavy atom. The number of rotatable bonds is 4. The third-order valence-electron chi connectivity index (χ3n) is 4.22. The lowest BCUT2D eigenvalue weighted by atomic mass is 9.83. The number of anilines is 1. The van der Waals surface area contributed by atoms with Gasteiger partial charge in [0.15, 0.2) is 0 Å². The van der Waals surface area contributed by atoms with Crippen LogP contribution in [0.1, 0.15) is 51.0 Å². The SMILES string of the molecule is CCC(Nc1ccc(C(F)(F)F)cc1)C1CCCCC1. The van der Waals surface area contributed by atoms with Gasteiger partial charge in [-0.25, -0.2) is 0 Å². The van der Waals surface area contributed by atoms with E-state index >= 15 is 0 Å². The molecule has 1 fully saturated rings. The highest BCUT2D eigenvalue weighted by Crippen LogP contribution is 2.32. The van der Waals surface area contributed by atoms with Crippen molar-refractivity contribution in [2.45, 2.75) is 57.7 Å².